The van der Waals surface area contributed by atoms with E-state index in [1.807, 2.05) is 36.2 Å². The van der Waals surface area contributed by atoms with Gasteiger partial charge in [-0.15, -0.1) is 12.4 Å². The van der Waals surface area contributed by atoms with Crippen LogP contribution in [0, 0.1) is 11.8 Å². The van der Waals surface area contributed by atoms with Crippen molar-refractivity contribution in [2.24, 2.45) is 17.6 Å². The molecule has 0 unspecified atom stereocenters. The smallest absolute Gasteiger partial charge is 0.226 e. The van der Waals surface area contributed by atoms with E-state index in [1.54, 1.807) is 0 Å². The first kappa shape index (κ1) is 17.5. The van der Waals surface area contributed by atoms with Crippen molar-refractivity contribution >= 4 is 34.2 Å². The number of nitrogens with two attached hydrogens (primary N) is 1. The zero-order valence-electron chi connectivity index (χ0n) is 11.7. The molecule has 0 aliphatic heterocycles. The van der Waals surface area contributed by atoms with Gasteiger partial charge in [0.15, 0.2) is 0 Å². The lowest BCUT2D eigenvalue weighted by Gasteiger charge is -2.24. The Hall–Kier alpha value is -0.580. The van der Waals surface area contributed by atoms with Crippen LogP contribution in [0.1, 0.15) is 24.8 Å². The summed E-state index contributed by atoms with van der Waals surface area (Å²) in [5.74, 6) is 0.751. The largest absolute Gasteiger partial charge is 0.341 e. The summed E-state index contributed by atoms with van der Waals surface area (Å²) in [4.78, 5) is 14.3. The van der Waals surface area contributed by atoms with Crippen LogP contribution in [-0.2, 0) is 11.3 Å². The van der Waals surface area contributed by atoms with E-state index >= 15 is 0 Å². The summed E-state index contributed by atoms with van der Waals surface area (Å²) in [5.41, 5.74) is 6.91. The van der Waals surface area contributed by atoms with Crippen molar-refractivity contribution in [2.45, 2.75) is 25.8 Å². The molecular formula is C15H22BrClN2O. The Morgan fingerprint density at radius 1 is 1.35 bits per heavy atom. The van der Waals surface area contributed by atoms with Crippen molar-refractivity contribution in [1.82, 2.24) is 4.90 Å². The van der Waals surface area contributed by atoms with E-state index in [1.165, 1.54) is 0 Å². The highest BCUT2D eigenvalue weighted by molar-refractivity contribution is 9.10. The number of benzene rings is 1. The zero-order chi connectivity index (χ0) is 13.8. The Labute approximate surface area is 135 Å². The molecule has 1 amide bonds. The molecule has 1 aromatic rings. The Morgan fingerprint density at radius 2 is 2.00 bits per heavy atom. The second-order valence-corrected chi connectivity index (χ2v) is 6.27. The molecule has 20 heavy (non-hydrogen) atoms. The highest BCUT2D eigenvalue weighted by Gasteiger charge is 2.33. The molecule has 1 aliphatic rings. The van der Waals surface area contributed by atoms with Gasteiger partial charge in [0.1, 0.15) is 0 Å². The Kier molecular flexibility index (Phi) is 7.00. The molecule has 5 heteroatoms. The molecule has 1 aliphatic carbocycles. The normalized spacial score (nSPS) is 21.4. The van der Waals surface area contributed by atoms with Crippen LogP contribution in [0.4, 0.5) is 0 Å². The molecule has 1 fully saturated rings. The number of hydrogen-bond donors (Lipinski definition) is 1. The van der Waals surface area contributed by atoms with Crippen LogP contribution in [0.3, 0.4) is 0 Å². The first-order valence-electron chi connectivity index (χ1n) is 6.81. The molecule has 2 atom stereocenters. The van der Waals surface area contributed by atoms with Crippen LogP contribution in [0.2, 0.25) is 0 Å². The van der Waals surface area contributed by atoms with Gasteiger partial charge >= 0.3 is 0 Å². The van der Waals surface area contributed by atoms with Crippen LogP contribution >= 0.6 is 28.3 Å². The summed E-state index contributed by atoms with van der Waals surface area (Å²) >= 11 is 3.42. The molecular weight excluding hydrogens is 340 g/mol. The molecule has 0 spiro atoms. The number of carbonyl (C=O) groups excluding carboxylic acids is 1. The summed E-state index contributed by atoms with van der Waals surface area (Å²) in [6, 6.07) is 8.10. The molecule has 0 saturated heterocycles. The van der Waals surface area contributed by atoms with Gasteiger partial charge in [-0.1, -0.05) is 34.5 Å². The topological polar surface area (TPSA) is 46.3 Å². The van der Waals surface area contributed by atoms with Crippen LogP contribution in [0.15, 0.2) is 28.7 Å². The molecule has 2 rings (SSSR count). The fraction of sp³-hybridized carbons (Fsp3) is 0.533. The average Bonchev–Trinajstić information content (AvgIpc) is 2.88. The van der Waals surface area contributed by atoms with Crippen molar-refractivity contribution in [3.05, 3.63) is 34.3 Å². The third-order valence-electron chi connectivity index (χ3n) is 3.99. The van der Waals surface area contributed by atoms with Gasteiger partial charge in [0.25, 0.3) is 0 Å². The number of carbonyl (C=O) groups is 1. The summed E-state index contributed by atoms with van der Waals surface area (Å²) in [6.45, 7) is 1.29. The van der Waals surface area contributed by atoms with Crippen LogP contribution in [0.25, 0.3) is 0 Å². The quantitative estimate of drug-likeness (QED) is 0.895. The third-order valence-corrected chi connectivity index (χ3v) is 4.52. The Bertz CT molecular complexity index is 438. The molecule has 0 bridgehead atoms. The number of nitrogens with zero attached hydrogens (tertiary/aromatic N) is 1. The van der Waals surface area contributed by atoms with Gasteiger partial charge in [-0.05, 0) is 43.0 Å². The van der Waals surface area contributed by atoms with Crippen LogP contribution in [0.5, 0.6) is 0 Å². The van der Waals surface area contributed by atoms with Crippen molar-refractivity contribution in [3.63, 3.8) is 0 Å². The van der Waals surface area contributed by atoms with E-state index in [2.05, 4.69) is 15.9 Å². The maximum atomic E-state index is 12.4. The molecule has 1 saturated carbocycles. The van der Waals surface area contributed by atoms with Gasteiger partial charge < -0.3 is 10.6 Å². The van der Waals surface area contributed by atoms with Crippen molar-refractivity contribution in [2.75, 3.05) is 13.6 Å². The summed E-state index contributed by atoms with van der Waals surface area (Å²) < 4.78 is 1.06. The summed E-state index contributed by atoms with van der Waals surface area (Å²) in [5, 5.41) is 0. The van der Waals surface area contributed by atoms with E-state index in [9.17, 15) is 4.79 Å². The lowest BCUT2D eigenvalue weighted by molar-refractivity contribution is -0.135. The van der Waals surface area contributed by atoms with Gasteiger partial charge in [0.2, 0.25) is 5.91 Å². The van der Waals surface area contributed by atoms with Crippen molar-refractivity contribution in [1.29, 1.82) is 0 Å². The summed E-state index contributed by atoms with van der Waals surface area (Å²) in [6.07, 6.45) is 3.22. The van der Waals surface area contributed by atoms with Crippen molar-refractivity contribution in [3.8, 4) is 0 Å². The van der Waals surface area contributed by atoms with E-state index in [0.29, 0.717) is 19.0 Å². The van der Waals surface area contributed by atoms with Gasteiger partial charge in [0.05, 0.1) is 0 Å². The number of hydrogen-bond acceptors (Lipinski definition) is 2. The third kappa shape index (κ3) is 4.21. The maximum absolute atomic E-state index is 12.4. The van der Waals surface area contributed by atoms with Gasteiger partial charge in [0, 0.05) is 24.0 Å². The van der Waals surface area contributed by atoms with E-state index < -0.39 is 0 Å². The fourth-order valence-electron chi connectivity index (χ4n) is 2.87. The van der Waals surface area contributed by atoms with E-state index in [4.69, 9.17) is 5.73 Å². The Balaban J connectivity index is 0.00000200. The van der Waals surface area contributed by atoms with E-state index in [-0.39, 0.29) is 24.2 Å². The molecule has 112 valence electrons. The van der Waals surface area contributed by atoms with Gasteiger partial charge in [-0.25, -0.2) is 0 Å². The predicted octanol–water partition coefficient (Wildman–Crippen LogP) is 3.20. The Morgan fingerprint density at radius 3 is 2.60 bits per heavy atom. The first-order chi connectivity index (χ1) is 9.11. The number of halogens is 2. The molecule has 0 radical (unpaired) electrons. The lowest BCUT2D eigenvalue weighted by atomic mass is 9.95. The SMILES string of the molecule is CN(Cc1ccc(Br)cc1)C(=O)[C@@H]1CCC[C@@H]1CN.Cl. The minimum Gasteiger partial charge on any atom is -0.341 e. The minimum atomic E-state index is 0. The second-order valence-electron chi connectivity index (χ2n) is 5.35. The van der Waals surface area contributed by atoms with Crippen LogP contribution in [-0.4, -0.2) is 24.4 Å². The zero-order valence-corrected chi connectivity index (χ0v) is 14.1. The number of amides is 1. The molecule has 0 heterocycles. The number of rotatable bonds is 4. The maximum Gasteiger partial charge on any atom is 0.226 e. The highest BCUT2D eigenvalue weighted by Crippen LogP contribution is 2.32. The molecule has 0 aromatic heterocycles. The van der Waals surface area contributed by atoms with Crippen LogP contribution < -0.4 is 5.73 Å². The first-order valence-corrected chi connectivity index (χ1v) is 7.60. The standard InChI is InChI=1S/C15H21BrN2O.ClH/c1-18(10-11-5-7-13(16)8-6-11)15(19)14-4-2-3-12(14)9-17;/h5-8,12,14H,2-4,9-10,17H2,1H3;1H/t12-,14-;/m1./s1. The monoisotopic (exact) mass is 360 g/mol. The summed E-state index contributed by atoms with van der Waals surface area (Å²) in [7, 11) is 1.89. The highest BCUT2D eigenvalue weighted by atomic mass is 79.9. The fourth-order valence-corrected chi connectivity index (χ4v) is 3.13. The van der Waals surface area contributed by atoms with Gasteiger partial charge in [-0.2, -0.15) is 0 Å². The molecule has 1 aromatic carbocycles. The average molecular weight is 362 g/mol. The molecule has 3 nitrogen and oxygen atoms in total. The van der Waals surface area contributed by atoms with E-state index in [0.717, 1.165) is 29.3 Å². The molecule has 2 N–H and O–H groups in total. The van der Waals surface area contributed by atoms with Crippen molar-refractivity contribution < 1.29 is 4.79 Å². The second kappa shape index (κ2) is 8.01. The predicted molar refractivity (Wildman–Crippen MR) is 87.7 cm³/mol. The van der Waals surface area contributed by atoms with Gasteiger partial charge in [-0.3, -0.25) is 4.79 Å². The lowest BCUT2D eigenvalue weighted by Crippen LogP contribution is -2.36. The minimum absolute atomic E-state index is 0.